The minimum absolute atomic E-state index is 0.191. The Morgan fingerprint density at radius 1 is 1.29 bits per heavy atom. The normalized spacial score (nSPS) is 10.0. The number of hydrogen-bond donors (Lipinski definition) is 1. The van der Waals surface area contributed by atoms with Gasteiger partial charge >= 0.3 is 5.97 Å². The van der Waals surface area contributed by atoms with Crippen LogP contribution in [-0.2, 0) is 16.1 Å². The van der Waals surface area contributed by atoms with E-state index in [0.717, 1.165) is 12.3 Å². The quantitative estimate of drug-likeness (QED) is 0.579. The molecule has 17 heavy (non-hydrogen) atoms. The highest BCUT2D eigenvalue weighted by atomic mass is 16.5. The molecule has 0 amide bonds. The summed E-state index contributed by atoms with van der Waals surface area (Å²) in [6, 6.07) is 7.91. The highest BCUT2D eigenvalue weighted by Crippen LogP contribution is 2.11. The van der Waals surface area contributed by atoms with Crippen LogP contribution in [0.5, 0.6) is 5.75 Å². The first-order valence-electron chi connectivity index (χ1n) is 5.75. The molecule has 0 aliphatic rings. The van der Waals surface area contributed by atoms with Gasteiger partial charge < -0.3 is 14.8 Å². The molecular formula is C13H19NO3. The second kappa shape index (κ2) is 7.68. The Morgan fingerprint density at radius 2 is 2.00 bits per heavy atom. The molecule has 94 valence electrons. The average Bonchev–Trinajstić information content (AvgIpc) is 2.36. The molecule has 0 bridgehead atoms. The van der Waals surface area contributed by atoms with E-state index in [4.69, 9.17) is 4.74 Å². The first kappa shape index (κ1) is 13.5. The average molecular weight is 237 g/mol. The molecule has 1 aromatic rings. The van der Waals surface area contributed by atoms with Crippen molar-refractivity contribution in [3.8, 4) is 5.75 Å². The van der Waals surface area contributed by atoms with Crippen LogP contribution in [0.15, 0.2) is 24.3 Å². The molecule has 0 saturated heterocycles. The Balaban J connectivity index is 2.25. The predicted octanol–water partition coefficient (Wildman–Crippen LogP) is 1.74. The molecule has 0 heterocycles. The zero-order valence-electron chi connectivity index (χ0n) is 10.4. The molecule has 0 aromatic heterocycles. The lowest BCUT2D eigenvalue weighted by Crippen LogP contribution is -2.18. The zero-order valence-corrected chi connectivity index (χ0v) is 10.4. The second-order valence-corrected chi connectivity index (χ2v) is 3.58. The molecule has 0 fully saturated rings. The van der Waals surface area contributed by atoms with Crippen LogP contribution in [0.25, 0.3) is 0 Å². The minimum atomic E-state index is -0.191. The van der Waals surface area contributed by atoms with Crippen molar-refractivity contribution in [2.24, 2.45) is 0 Å². The van der Waals surface area contributed by atoms with Crippen LogP contribution in [0, 0.1) is 0 Å². The van der Waals surface area contributed by atoms with Crippen molar-refractivity contribution in [2.75, 3.05) is 20.3 Å². The van der Waals surface area contributed by atoms with Gasteiger partial charge in [0, 0.05) is 13.1 Å². The van der Waals surface area contributed by atoms with Gasteiger partial charge in [-0.3, -0.25) is 4.79 Å². The van der Waals surface area contributed by atoms with Gasteiger partial charge in [0.25, 0.3) is 0 Å². The molecule has 0 saturated carbocycles. The van der Waals surface area contributed by atoms with E-state index in [1.807, 2.05) is 31.2 Å². The molecular weight excluding hydrogens is 218 g/mol. The number of esters is 1. The molecule has 0 spiro atoms. The summed E-state index contributed by atoms with van der Waals surface area (Å²) in [5.74, 6) is 0.690. The summed E-state index contributed by atoms with van der Waals surface area (Å²) in [7, 11) is 1.40. The number of rotatable bonds is 7. The van der Waals surface area contributed by atoms with Gasteiger partial charge in [0.2, 0.25) is 0 Å². The maximum Gasteiger partial charge on any atom is 0.306 e. The van der Waals surface area contributed by atoms with Crippen LogP contribution in [0.2, 0.25) is 0 Å². The maximum absolute atomic E-state index is 10.9. The lowest BCUT2D eigenvalue weighted by molar-refractivity contribution is -0.140. The fourth-order valence-electron chi connectivity index (χ4n) is 1.40. The summed E-state index contributed by atoms with van der Waals surface area (Å²) in [4.78, 5) is 10.9. The van der Waals surface area contributed by atoms with E-state index in [-0.39, 0.29) is 5.97 Å². The third-order valence-corrected chi connectivity index (χ3v) is 2.30. The second-order valence-electron chi connectivity index (χ2n) is 3.58. The lowest BCUT2D eigenvalue weighted by Gasteiger charge is -2.06. The summed E-state index contributed by atoms with van der Waals surface area (Å²) in [6.45, 7) is 4.00. The molecule has 4 heteroatoms. The van der Waals surface area contributed by atoms with Crippen molar-refractivity contribution in [2.45, 2.75) is 19.9 Å². The van der Waals surface area contributed by atoms with Crippen molar-refractivity contribution < 1.29 is 14.3 Å². The Hall–Kier alpha value is -1.55. The Bertz CT molecular complexity index is 335. The number of methoxy groups -OCH3 is 1. The van der Waals surface area contributed by atoms with Gasteiger partial charge in [-0.15, -0.1) is 0 Å². The van der Waals surface area contributed by atoms with E-state index in [1.54, 1.807) is 0 Å². The predicted molar refractivity (Wildman–Crippen MR) is 66.0 cm³/mol. The SMILES string of the molecule is CCOc1ccc(CNCCC(=O)OC)cc1. The Kier molecular flexibility index (Phi) is 6.10. The van der Waals surface area contributed by atoms with Crippen molar-refractivity contribution in [1.29, 1.82) is 0 Å². The van der Waals surface area contributed by atoms with Crippen LogP contribution in [0.1, 0.15) is 18.9 Å². The van der Waals surface area contributed by atoms with Gasteiger partial charge in [-0.05, 0) is 24.6 Å². The van der Waals surface area contributed by atoms with Gasteiger partial charge in [0.05, 0.1) is 20.1 Å². The summed E-state index contributed by atoms with van der Waals surface area (Å²) in [6.07, 6.45) is 0.396. The smallest absolute Gasteiger partial charge is 0.306 e. The largest absolute Gasteiger partial charge is 0.494 e. The standard InChI is InChI=1S/C13H19NO3/c1-3-17-12-6-4-11(5-7-12)10-14-9-8-13(15)16-2/h4-7,14H,3,8-10H2,1-2H3. The first-order chi connectivity index (χ1) is 8.26. The van der Waals surface area contributed by atoms with Crippen LogP contribution < -0.4 is 10.1 Å². The highest BCUT2D eigenvalue weighted by Gasteiger charge is 1.99. The number of nitrogens with one attached hydrogen (secondary N) is 1. The fourth-order valence-corrected chi connectivity index (χ4v) is 1.40. The molecule has 1 rings (SSSR count). The number of carbonyl (C=O) groups excluding carboxylic acids is 1. The minimum Gasteiger partial charge on any atom is -0.494 e. The molecule has 0 unspecified atom stereocenters. The van der Waals surface area contributed by atoms with E-state index in [2.05, 4.69) is 10.1 Å². The molecule has 1 aromatic carbocycles. The van der Waals surface area contributed by atoms with Crippen LogP contribution in [0.4, 0.5) is 0 Å². The fraction of sp³-hybridized carbons (Fsp3) is 0.462. The molecule has 4 nitrogen and oxygen atoms in total. The molecule has 0 aliphatic heterocycles. The number of carbonyl (C=O) groups is 1. The third kappa shape index (κ3) is 5.36. The van der Waals surface area contributed by atoms with Gasteiger partial charge in [0.15, 0.2) is 0 Å². The summed E-state index contributed by atoms with van der Waals surface area (Å²) >= 11 is 0. The van der Waals surface area contributed by atoms with Crippen molar-refractivity contribution in [1.82, 2.24) is 5.32 Å². The monoisotopic (exact) mass is 237 g/mol. The van der Waals surface area contributed by atoms with Crippen LogP contribution >= 0.6 is 0 Å². The van der Waals surface area contributed by atoms with E-state index >= 15 is 0 Å². The highest BCUT2D eigenvalue weighted by molar-refractivity contribution is 5.69. The first-order valence-corrected chi connectivity index (χ1v) is 5.75. The van der Waals surface area contributed by atoms with Crippen molar-refractivity contribution in [3.63, 3.8) is 0 Å². The van der Waals surface area contributed by atoms with Crippen LogP contribution in [-0.4, -0.2) is 26.2 Å². The molecule has 0 aliphatic carbocycles. The van der Waals surface area contributed by atoms with E-state index < -0.39 is 0 Å². The van der Waals surface area contributed by atoms with Gasteiger partial charge in [-0.25, -0.2) is 0 Å². The summed E-state index contributed by atoms with van der Waals surface area (Å²) in [5.41, 5.74) is 1.17. The van der Waals surface area contributed by atoms with Gasteiger partial charge in [-0.2, -0.15) is 0 Å². The topological polar surface area (TPSA) is 47.6 Å². The van der Waals surface area contributed by atoms with E-state index in [0.29, 0.717) is 19.6 Å². The van der Waals surface area contributed by atoms with Crippen molar-refractivity contribution >= 4 is 5.97 Å². The number of hydrogen-bond acceptors (Lipinski definition) is 4. The molecule has 1 N–H and O–H groups in total. The van der Waals surface area contributed by atoms with E-state index in [1.165, 1.54) is 12.7 Å². The van der Waals surface area contributed by atoms with Gasteiger partial charge in [0.1, 0.15) is 5.75 Å². The van der Waals surface area contributed by atoms with Gasteiger partial charge in [-0.1, -0.05) is 12.1 Å². The summed E-state index contributed by atoms with van der Waals surface area (Å²) in [5, 5.41) is 3.18. The van der Waals surface area contributed by atoms with Crippen molar-refractivity contribution in [3.05, 3.63) is 29.8 Å². The van der Waals surface area contributed by atoms with Crippen LogP contribution in [0.3, 0.4) is 0 Å². The molecule has 0 atom stereocenters. The molecule has 0 radical (unpaired) electrons. The maximum atomic E-state index is 10.9. The number of ether oxygens (including phenoxy) is 2. The Morgan fingerprint density at radius 3 is 2.59 bits per heavy atom. The third-order valence-electron chi connectivity index (χ3n) is 2.30. The Labute approximate surface area is 102 Å². The summed E-state index contributed by atoms with van der Waals surface area (Å²) < 4.78 is 9.90. The zero-order chi connectivity index (χ0) is 12.5. The number of benzene rings is 1. The lowest BCUT2D eigenvalue weighted by atomic mass is 10.2. The van der Waals surface area contributed by atoms with E-state index in [9.17, 15) is 4.79 Å².